The second kappa shape index (κ2) is 2.20. The molecule has 2 N–H and O–H groups in total. The molecule has 1 unspecified atom stereocenters. The molecule has 0 aromatic heterocycles. The van der Waals surface area contributed by atoms with Crippen LogP contribution in [0.5, 0.6) is 0 Å². The van der Waals surface area contributed by atoms with Gasteiger partial charge in [0.1, 0.15) is 0 Å². The Balaban J connectivity index is 1.77. The monoisotopic (exact) mass is 180 g/mol. The summed E-state index contributed by atoms with van der Waals surface area (Å²) in [5, 5.41) is 0. The van der Waals surface area contributed by atoms with E-state index in [2.05, 4.69) is 0 Å². The van der Waals surface area contributed by atoms with E-state index in [9.17, 15) is 4.79 Å². The number of nitrogens with two attached hydrogens (primary N) is 1. The maximum atomic E-state index is 11.1. The predicted octanol–water partition coefficient (Wildman–Crippen LogP) is 1.33. The number of primary amides is 1. The molecule has 0 bridgehead atoms. The van der Waals surface area contributed by atoms with Gasteiger partial charge in [-0.25, -0.2) is 4.79 Å². The second-order valence-corrected chi connectivity index (χ2v) is 4.96. The van der Waals surface area contributed by atoms with Crippen molar-refractivity contribution in [2.24, 2.45) is 17.1 Å². The molecular formula is C10H16N2O. The molecule has 1 heterocycles. The average molecular weight is 180 g/mol. The van der Waals surface area contributed by atoms with Gasteiger partial charge in [-0.3, -0.25) is 0 Å². The van der Waals surface area contributed by atoms with Crippen molar-refractivity contribution < 1.29 is 4.79 Å². The highest BCUT2D eigenvalue weighted by Gasteiger charge is 2.61. The maximum Gasteiger partial charge on any atom is 0.315 e. The van der Waals surface area contributed by atoms with Crippen LogP contribution in [0.3, 0.4) is 0 Å². The number of likely N-dealkylation sites (tertiary alicyclic amines) is 1. The first kappa shape index (κ1) is 7.65. The Bertz CT molecular complexity index is 256. The molecule has 1 aliphatic heterocycles. The van der Waals surface area contributed by atoms with E-state index in [-0.39, 0.29) is 6.03 Å². The van der Waals surface area contributed by atoms with E-state index >= 15 is 0 Å². The minimum atomic E-state index is -0.200. The number of hydrogen-bond donors (Lipinski definition) is 1. The van der Waals surface area contributed by atoms with Gasteiger partial charge in [0.25, 0.3) is 0 Å². The van der Waals surface area contributed by atoms with Gasteiger partial charge in [-0.1, -0.05) is 6.42 Å². The van der Waals surface area contributed by atoms with Crippen molar-refractivity contribution in [2.45, 2.75) is 38.1 Å². The maximum absolute atomic E-state index is 11.1. The summed E-state index contributed by atoms with van der Waals surface area (Å²) < 4.78 is 0. The van der Waals surface area contributed by atoms with E-state index in [1.807, 2.05) is 4.90 Å². The normalized spacial score (nSPS) is 35.4. The van der Waals surface area contributed by atoms with Gasteiger partial charge < -0.3 is 10.6 Å². The van der Waals surface area contributed by atoms with Crippen molar-refractivity contribution in [3.63, 3.8) is 0 Å². The SMILES string of the molecule is NC(=O)N1CC2(CCC2)C1C1CC1. The van der Waals surface area contributed by atoms with Crippen LogP contribution < -0.4 is 5.73 Å². The first-order valence-electron chi connectivity index (χ1n) is 5.29. The van der Waals surface area contributed by atoms with Crippen LogP contribution in [-0.2, 0) is 0 Å². The summed E-state index contributed by atoms with van der Waals surface area (Å²) in [5.41, 5.74) is 5.86. The van der Waals surface area contributed by atoms with Crippen LogP contribution in [0.1, 0.15) is 32.1 Å². The zero-order valence-corrected chi connectivity index (χ0v) is 7.83. The molecule has 0 aromatic carbocycles. The third-order valence-corrected chi connectivity index (χ3v) is 4.15. The molecule has 3 heteroatoms. The van der Waals surface area contributed by atoms with Crippen molar-refractivity contribution in [3.05, 3.63) is 0 Å². The number of nitrogens with zero attached hydrogens (tertiary/aromatic N) is 1. The molecule has 2 amide bonds. The van der Waals surface area contributed by atoms with Crippen LogP contribution in [0, 0.1) is 11.3 Å². The van der Waals surface area contributed by atoms with Gasteiger partial charge >= 0.3 is 6.03 Å². The summed E-state index contributed by atoms with van der Waals surface area (Å²) in [6, 6.07) is 0.327. The van der Waals surface area contributed by atoms with Crippen molar-refractivity contribution in [3.8, 4) is 0 Å². The lowest BCUT2D eigenvalue weighted by Crippen LogP contribution is -2.70. The van der Waals surface area contributed by atoms with Crippen LogP contribution >= 0.6 is 0 Å². The Morgan fingerprint density at radius 3 is 2.46 bits per heavy atom. The highest BCUT2D eigenvalue weighted by atomic mass is 16.2. The van der Waals surface area contributed by atoms with Gasteiger partial charge in [0, 0.05) is 18.0 Å². The van der Waals surface area contributed by atoms with E-state index in [1.54, 1.807) is 0 Å². The van der Waals surface area contributed by atoms with Crippen molar-refractivity contribution >= 4 is 6.03 Å². The Morgan fingerprint density at radius 2 is 2.08 bits per heavy atom. The lowest BCUT2D eigenvalue weighted by molar-refractivity contribution is -0.105. The number of carbonyl (C=O) groups excluding carboxylic acids is 1. The molecule has 1 saturated heterocycles. The van der Waals surface area contributed by atoms with Gasteiger partial charge in [0.15, 0.2) is 0 Å². The molecule has 2 saturated carbocycles. The van der Waals surface area contributed by atoms with Crippen LogP contribution in [0.4, 0.5) is 4.79 Å². The summed E-state index contributed by atoms with van der Waals surface area (Å²) >= 11 is 0. The van der Waals surface area contributed by atoms with Crippen LogP contribution in [-0.4, -0.2) is 23.5 Å². The molecule has 3 fully saturated rings. The van der Waals surface area contributed by atoms with Crippen LogP contribution in [0.2, 0.25) is 0 Å². The van der Waals surface area contributed by atoms with E-state index in [4.69, 9.17) is 5.73 Å². The van der Waals surface area contributed by atoms with E-state index in [0.29, 0.717) is 11.5 Å². The molecule has 0 aromatic rings. The zero-order chi connectivity index (χ0) is 9.05. The molecule has 1 spiro atoms. The molecule has 0 radical (unpaired) electrons. The lowest BCUT2D eigenvalue weighted by atomic mass is 9.57. The number of urea groups is 1. The summed E-state index contributed by atoms with van der Waals surface area (Å²) in [4.78, 5) is 13.0. The van der Waals surface area contributed by atoms with E-state index in [0.717, 1.165) is 12.5 Å². The lowest BCUT2D eigenvalue weighted by Gasteiger charge is -2.62. The van der Waals surface area contributed by atoms with Crippen molar-refractivity contribution in [2.75, 3.05) is 6.54 Å². The fourth-order valence-corrected chi connectivity index (χ4v) is 3.22. The minimum Gasteiger partial charge on any atom is -0.351 e. The molecule has 3 aliphatic rings. The molecule has 2 aliphatic carbocycles. The Morgan fingerprint density at radius 1 is 1.38 bits per heavy atom. The summed E-state index contributed by atoms with van der Waals surface area (Å²) in [7, 11) is 0. The fraction of sp³-hybridized carbons (Fsp3) is 0.900. The molecular weight excluding hydrogens is 164 g/mol. The molecule has 13 heavy (non-hydrogen) atoms. The fourth-order valence-electron chi connectivity index (χ4n) is 3.22. The third-order valence-electron chi connectivity index (χ3n) is 4.15. The van der Waals surface area contributed by atoms with Gasteiger partial charge in [-0.15, -0.1) is 0 Å². The van der Waals surface area contributed by atoms with Crippen LogP contribution in [0.25, 0.3) is 0 Å². The zero-order valence-electron chi connectivity index (χ0n) is 7.83. The molecule has 3 nitrogen and oxygen atoms in total. The summed E-state index contributed by atoms with van der Waals surface area (Å²) in [6.07, 6.45) is 6.65. The van der Waals surface area contributed by atoms with Crippen LogP contribution in [0.15, 0.2) is 0 Å². The first-order valence-corrected chi connectivity index (χ1v) is 5.29. The van der Waals surface area contributed by atoms with Gasteiger partial charge in [0.2, 0.25) is 0 Å². The number of amides is 2. The average Bonchev–Trinajstić information content (AvgIpc) is 2.64. The largest absolute Gasteiger partial charge is 0.351 e. The topological polar surface area (TPSA) is 46.3 Å². The highest BCUT2D eigenvalue weighted by molar-refractivity contribution is 5.74. The summed E-state index contributed by atoms with van der Waals surface area (Å²) in [5.74, 6) is 0.793. The number of hydrogen-bond acceptors (Lipinski definition) is 1. The Hall–Kier alpha value is -0.730. The van der Waals surface area contributed by atoms with Gasteiger partial charge in [-0.2, -0.15) is 0 Å². The van der Waals surface area contributed by atoms with Gasteiger partial charge in [-0.05, 0) is 31.6 Å². The van der Waals surface area contributed by atoms with E-state index < -0.39 is 0 Å². The molecule has 72 valence electrons. The second-order valence-electron chi connectivity index (χ2n) is 4.96. The first-order chi connectivity index (χ1) is 6.23. The number of rotatable bonds is 1. The highest BCUT2D eigenvalue weighted by Crippen LogP contribution is 2.59. The third kappa shape index (κ3) is 0.875. The molecule has 1 atom stereocenters. The standard InChI is InChI=1S/C10H16N2O/c11-9(13)12-6-10(4-1-5-10)8(12)7-2-3-7/h7-8H,1-6H2,(H2,11,13). The smallest absolute Gasteiger partial charge is 0.315 e. The minimum absolute atomic E-state index is 0.200. The number of carbonyl (C=O) groups is 1. The Labute approximate surface area is 78.3 Å². The van der Waals surface area contributed by atoms with E-state index in [1.165, 1.54) is 32.1 Å². The predicted molar refractivity (Wildman–Crippen MR) is 49.1 cm³/mol. The van der Waals surface area contributed by atoms with Crippen molar-refractivity contribution in [1.82, 2.24) is 4.90 Å². The van der Waals surface area contributed by atoms with Crippen molar-refractivity contribution in [1.29, 1.82) is 0 Å². The summed E-state index contributed by atoms with van der Waals surface area (Å²) in [6.45, 7) is 0.948. The quantitative estimate of drug-likeness (QED) is 0.650. The Kier molecular flexibility index (Phi) is 1.29. The molecule has 3 rings (SSSR count). The van der Waals surface area contributed by atoms with Gasteiger partial charge in [0.05, 0.1) is 0 Å².